The smallest absolute Gasteiger partial charge is 0.342 e. The predicted octanol–water partition coefficient (Wildman–Crippen LogP) is 5.11. The van der Waals surface area contributed by atoms with E-state index in [1.165, 1.54) is 12.3 Å². The van der Waals surface area contributed by atoms with Gasteiger partial charge in [0.2, 0.25) is 5.91 Å². The van der Waals surface area contributed by atoms with Gasteiger partial charge in [-0.05, 0) is 30.5 Å². The summed E-state index contributed by atoms with van der Waals surface area (Å²) in [5.41, 5.74) is 1.73. The Morgan fingerprint density at radius 2 is 1.87 bits per heavy atom. The number of carbonyl (C=O) groups excluding carboxylic acids is 1. The van der Waals surface area contributed by atoms with E-state index in [1.54, 1.807) is 12.3 Å². The number of nitrogens with zero attached hydrogens (tertiary/aromatic N) is 3. The molecule has 1 aliphatic heterocycles. The highest BCUT2D eigenvalue weighted by Crippen LogP contribution is 2.32. The van der Waals surface area contributed by atoms with Crippen LogP contribution in [-0.4, -0.2) is 33.9 Å². The van der Waals surface area contributed by atoms with E-state index >= 15 is 0 Å². The zero-order valence-electron chi connectivity index (χ0n) is 16.8. The first-order valence-corrected chi connectivity index (χ1v) is 10.2. The average Bonchev–Trinajstić information content (AvgIpc) is 2.79. The molecule has 3 aromatic rings. The van der Waals surface area contributed by atoms with Crippen LogP contribution in [0.15, 0.2) is 67.0 Å². The molecule has 1 unspecified atom stereocenters. The van der Waals surface area contributed by atoms with Crippen LogP contribution in [0.3, 0.4) is 0 Å². The summed E-state index contributed by atoms with van der Waals surface area (Å²) in [7, 11) is 0. The summed E-state index contributed by atoms with van der Waals surface area (Å²) in [4.78, 5) is 23.4. The van der Waals surface area contributed by atoms with Gasteiger partial charge in [-0.15, -0.1) is 0 Å². The first kappa shape index (κ1) is 21.0. The van der Waals surface area contributed by atoms with Crippen molar-refractivity contribution in [1.82, 2.24) is 14.9 Å². The Balaban J connectivity index is 1.50. The molecule has 1 saturated heterocycles. The molecule has 31 heavy (non-hydrogen) atoms. The Morgan fingerprint density at radius 1 is 1.06 bits per heavy atom. The summed E-state index contributed by atoms with van der Waals surface area (Å²) in [6.07, 6.45) is 0.761. The lowest BCUT2D eigenvalue weighted by Crippen LogP contribution is -2.40. The number of halogens is 3. The van der Waals surface area contributed by atoms with Crippen LogP contribution in [0.5, 0.6) is 0 Å². The van der Waals surface area contributed by atoms with Crippen molar-refractivity contribution in [2.24, 2.45) is 0 Å². The van der Waals surface area contributed by atoms with E-state index in [9.17, 15) is 18.0 Å². The first-order chi connectivity index (χ1) is 14.9. The third kappa shape index (κ3) is 5.10. The maximum absolute atomic E-state index is 13.1. The maximum Gasteiger partial charge on any atom is 0.416 e. The maximum atomic E-state index is 13.1. The average molecular weight is 425 g/mol. The molecule has 4 rings (SSSR count). The Kier molecular flexibility index (Phi) is 6.02. The molecule has 0 spiro atoms. The van der Waals surface area contributed by atoms with E-state index in [0.717, 1.165) is 30.5 Å². The van der Waals surface area contributed by atoms with Gasteiger partial charge in [0.25, 0.3) is 0 Å². The second kappa shape index (κ2) is 8.88. The van der Waals surface area contributed by atoms with Crippen molar-refractivity contribution >= 4 is 5.91 Å². The molecule has 2 heterocycles. The molecule has 1 amide bonds. The summed E-state index contributed by atoms with van der Waals surface area (Å²) in [5.74, 6) is 0.0737. The lowest BCUT2D eigenvalue weighted by atomic mass is 9.94. The second-order valence-corrected chi connectivity index (χ2v) is 7.75. The molecule has 1 aliphatic rings. The number of likely N-dealkylation sites (tertiary alicyclic amines) is 1. The van der Waals surface area contributed by atoms with Crippen molar-refractivity contribution in [2.45, 2.75) is 31.4 Å². The van der Waals surface area contributed by atoms with Gasteiger partial charge in [0.15, 0.2) is 0 Å². The van der Waals surface area contributed by atoms with Crippen LogP contribution in [0, 0.1) is 0 Å². The monoisotopic (exact) mass is 425 g/mol. The van der Waals surface area contributed by atoms with Crippen LogP contribution >= 0.6 is 0 Å². The first-order valence-electron chi connectivity index (χ1n) is 10.2. The minimum atomic E-state index is -4.41. The van der Waals surface area contributed by atoms with Crippen LogP contribution in [0.25, 0.3) is 11.3 Å². The topological polar surface area (TPSA) is 46.1 Å². The number of hydrogen-bond donors (Lipinski definition) is 0. The van der Waals surface area contributed by atoms with Gasteiger partial charge in [0.1, 0.15) is 0 Å². The van der Waals surface area contributed by atoms with Crippen molar-refractivity contribution in [2.75, 3.05) is 13.1 Å². The van der Waals surface area contributed by atoms with Gasteiger partial charge in [-0.1, -0.05) is 42.5 Å². The Hall–Kier alpha value is -3.22. The Bertz CT molecular complexity index is 1050. The molecule has 7 heteroatoms. The zero-order valence-corrected chi connectivity index (χ0v) is 16.8. The van der Waals surface area contributed by atoms with E-state index < -0.39 is 11.7 Å². The van der Waals surface area contributed by atoms with Crippen LogP contribution in [0.1, 0.15) is 35.6 Å². The molecule has 0 bridgehead atoms. The third-order valence-corrected chi connectivity index (χ3v) is 5.53. The molecule has 1 fully saturated rings. The number of carbonyl (C=O) groups is 1. The fourth-order valence-corrected chi connectivity index (χ4v) is 3.90. The molecule has 0 N–H and O–H groups in total. The molecule has 0 saturated carbocycles. The van der Waals surface area contributed by atoms with Crippen LogP contribution < -0.4 is 0 Å². The minimum absolute atomic E-state index is 0.00622. The largest absolute Gasteiger partial charge is 0.416 e. The number of rotatable bonds is 4. The van der Waals surface area contributed by atoms with Crippen LogP contribution in [0.4, 0.5) is 13.2 Å². The summed E-state index contributed by atoms with van der Waals surface area (Å²) in [5, 5.41) is 0. The second-order valence-electron chi connectivity index (χ2n) is 7.75. The summed E-state index contributed by atoms with van der Waals surface area (Å²) >= 11 is 0. The summed E-state index contributed by atoms with van der Waals surface area (Å²) in [6, 6.07) is 14.7. The van der Waals surface area contributed by atoms with E-state index in [1.807, 2.05) is 35.2 Å². The highest BCUT2D eigenvalue weighted by molar-refractivity contribution is 5.79. The standard InChI is InChI=1S/C24H22F3N3O/c25-24(26,27)20-10-4-8-18(13-20)21-14-28-15-22(29-21)19-9-5-11-30(16-19)23(31)12-17-6-2-1-3-7-17/h1-4,6-8,10,13-15,19H,5,9,11-12,16H2. The van der Waals surface area contributed by atoms with Gasteiger partial charge < -0.3 is 4.90 Å². The van der Waals surface area contributed by atoms with Crippen molar-refractivity contribution in [3.63, 3.8) is 0 Å². The molecule has 4 nitrogen and oxygen atoms in total. The SMILES string of the molecule is O=C(Cc1ccccc1)N1CCCC(c2cncc(-c3cccc(C(F)(F)F)c3)n2)C1. The molecule has 2 aromatic carbocycles. The normalized spacial score (nSPS) is 16.9. The number of hydrogen-bond acceptors (Lipinski definition) is 3. The van der Waals surface area contributed by atoms with Gasteiger partial charge in [-0.25, -0.2) is 4.98 Å². The predicted molar refractivity (Wildman–Crippen MR) is 111 cm³/mol. The molecular weight excluding hydrogens is 403 g/mol. The van der Waals surface area contributed by atoms with Crippen molar-refractivity contribution in [1.29, 1.82) is 0 Å². The number of benzene rings is 2. The summed E-state index contributed by atoms with van der Waals surface area (Å²) < 4.78 is 39.2. The molecule has 0 radical (unpaired) electrons. The fourth-order valence-electron chi connectivity index (χ4n) is 3.90. The van der Waals surface area contributed by atoms with Gasteiger partial charge in [-0.3, -0.25) is 9.78 Å². The fraction of sp³-hybridized carbons (Fsp3) is 0.292. The lowest BCUT2D eigenvalue weighted by molar-refractivity contribution is -0.137. The van der Waals surface area contributed by atoms with Crippen LogP contribution in [-0.2, 0) is 17.4 Å². The number of aromatic nitrogens is 2. The number of piperidine rings is 1. The van der Waals surface area contributed by atoms with Gasteiger partial charge in [0.05, 0.1) is 29.6 Å². The molecule has 1 aromatic heterocycles. The van der Waals surface area contributed by atoms with Crippen molar-refractivity contribution in [3.8, 4) is 11.3 Å². The molecular formula is C24H22F3N3O. The quantitative estimate of drug-likeness (QED) is 0.584. The van der Waals surface area contributed by atoms with Crippen molar-refractivity contribution in [3.05, 3.63) is 83.8 Å². The van der Waals surface area contributed by atoms with Gasteiger partial charge >= 0.3 is 6.18 Å². The molecule has 160 valence electrons. The Labute approximate surface area is 178 Å². The van der Waals surface area contributed by atoms with E-state index in [-0.39, 0.29) is 11.8 Å². The number of alkyl halides is 3. The minimum Gasteiger partial charge on any atom is -0.342 e. The van der Waals surface area contributed by atoms with Gasteiger partial charge in [-0.2, -0.15) is 13.2 Å². The molecule has 0 aliphatic carbocycles. The van der Waals surface area contributed by atoms with Crippen molar-refractivity contribution < 1.29 is 18.0 Å². The third-order valence-electron chi connectivity index (χ3n) is 5.53. The van der Waals surface area contributed by atoms with Gasteiger partial charge in [0, 0.05) is 30.8 Å². The lowest BCUT2D eigenvalue weighted by Gasteiger charge is -2.32. The highest BCUT2D eigenvalue weighted by Gasteiger charge is 2.31. The van der Waals surface area contributed by atoms with E-state index in [0.29, 0.717) is 36.5 Å². The number of amides is 1. The zero-order chi connectivity index (χ0) is 21.8. The van der Waals surface area contributed by atoms with E-state index in [4.69, 9.17) is 0 Å². The van der Waals surface area contributed by atoms with Crippen LogP contribution in [0.2, 0.25) is 0 Å². The summed E-state index contributed by atoms with van der Waals surface area (Å²) in [6.45, 7) is 1.23. The Morgan fingerprint density at radius 3 is 2.65 bits per heavy atom. The highest BCUT2D eigenvalue weighted by atomic mass is 19.4. The molecule has 1 atom stereocenters. The van der Waals surface area contributed by atoms with E-state index in [2.05, 4.69) is 9.97 Å².